The number of carbonyl (C=O) groups is 2. The topological polar surface area (TPSA) is 136 Å². The summed E-state index contributed by atoms with van der Waals surface area (Å²) >= 11 is 0. The quantitative estimate of drug-likeness (QED) is 0.604. The lowest BCUT2D eigenvalue weighted by Gasteiger charge is -2.12. The largest absolute Gasteiger partial charge is 0.481 e. The molecular weight excluding hydrogens is 427 g/mol. The first-order valence-electron chi connectivity index (χ1n) is 8.18. The number of hydrogen-bond donors (Lipinski definition) is 3. The number of nitriles is 1. The van der Waals surface area contributed by atoms with Crippen LogP contribution in [-0.4, -0.2) is 31.9 Å². The first kappa shape index (κ1) is 22.7. The highest BCUT2D eigenvalue weighted by atomic mass is 32.2. The average Bonchev–Trinajstić information content (AvgIpc) is 2.66. The highest BCUT2D eigenvalue weighted by Crippen LogP contribution is 2.33. The van der Waals surface area contributed by atoms with Gasteiger partial charge in [0.05, 0.1) is 28.5 Å². The van der Waals surface area contributed by atoms with Gasteiger partial charge < -0.3 is 10.4 Å². The summed E-state index contributed by atoms with van der Waals surface area (Å²) in [6, 6.07) is 8.33. The molecule has 0 aromatic heterocycles. The number of amides is 1. The van der Waals surface area contributed by atoms with Gasteiger partial charge in [0.2, 0.25) is 0 Å². The van der Waals surface area contributed by atoms with Crippen LogP contribution in [0.2, 0.25) is 0 Å². The van der Waals surface area contributed by atoms with Crippen molar-refractivity contribution in [2.75, 3.05) is 11.3 Å². The Bertz CT molecular complexity index is 1110. The van der Waals surface area contributed by atoms with E-state index in [1.54, 1.807) is 0 Å². The average molecular weight is 441 g/mol. The van der Waals surface area contributed by atoms with Crippen molar-refractivity contribution in [3.63, 3.8) is 0 Å². The number of rotatable bonds is 7. The fourth-order valence-electron chi connectivity index (χ4n) is 2.31. The molecule has 0 aliphatic carbocycles. The van der Waals surface area contributed by atoms with Crippen molar-refractivity contribution < 1.29 is 36.3 Å². The van der Waals surface area contributed by atoms with Crippen LogP contribution in [0.3, 0.4) is 0 Å². The monoisotopic (exact) mass is 441 g/mol. The number of benzene rings is 2. The van der Waals surface area contributed by atoms with Gasteiger partial charge in [-0.05, 0) is 42.5 Å². The molecule has 0 saturated heterocycles. The van der Waals surface area contributed by atoms with Gasteiger partial charge in [-0.1, -0.05) is 0 Å². The molecule has 2 rings (SSSR count). The molecule has 0 aliphatic rings. The molecule has 0 saturated carbocycles. The Morgan fingerprint density at radius 1 is 1.10 bits per heavy atom. The number of anilines is 1. The number of nitrogens with zero attached hydrogens (tertiary/aromatic N) is 1. The maximum Gasteiger partial charge on any atom is 0.417 e. The summed E-state index contributed by atoms with van der Waals surface area (Å²) in [4.78, 5) is 21.6. The third-order valence-corrected chi connectivity index (χ3v) is 5.13. The fraction of sp³-hybridized carbons (Fsp3) is 0.167. The Morgan fingerprint density at radius 2 is 1.73 bits per heavy atom. The molecule has 2 aromatic rings. The van der Waals surface area contributed by atoms with E-state index in [1.807, 2.05) is 0 Å². The van der Waals surface area contributed by atoms with Crippen molar-refractivity contribution >= 4 is 27.6 Å². The van der Waals surface area contributed by atoms with Crippen LogP contribution >= 0.6 is 0 Å². The molecule has 0 atom stereocenters. The van der Waals surface area contributed by atoms with Gasteiger partial charge in [-0.25, -0.2) is 8.42 Å². The van der Waals surface area contributed by atoms with Crippen LogP contribution in [-0.2, 0) is 21.0 Å². The summed E-state index contributed by atoms with van der Waals surface area (Å²) in [5.41, 5.74) is -1.97. The van der Waals surface area contributed by atoms with Gasteiger partial charge in [0.25, 0.3) is 15.9 Å². The van der Waals surface area contributed by atoms with Gasteiger partial charge in [-0.15, -0.1) is 0 Å². The number of sulfonamides is 1. The van der Waals surface area contributed by atoms with Crippen molar-refractivity contribution in [2.24, 2.45) is 0 Å². The molecule has 0 fully saturated rings. The van der Waals surface area contributed by atoms with Crippen molar-refractivity contribution in [3.8, 4) is 6.07 Å². The van der Waals surface area contributed by atoms with Crippen molar-refractivity contribution in [1.82, 2.24) is 5.32 Å². The summed E-state index contributed by atoms with van der Waals surface area (Å²) < 4.78 is 66.0. The number of carboxylic acid groups (broad SMARTS) is 1. The second-order valence-electron chi connectivity index (χ2n) is 5.90. The maximum absolute atomic E-state index is 13.0. The summed E-state index contributed by atoms with van der Waals surface area (Å²) in [5, 5.41) is 19.7. The molecule has 0 spiro atoms. The second-order valence-corrected chi connectivity index (χ2v) is 7.58. The number of carbonyl (C=O) groups excluding carboxylic acids is 1. The minimum Gasteiger partial charge on any atom is -0.481 e. The number of halogens is 3. The normalized spacial score (nSPS) is 11.4. The Labute approximate surface area is 169 Å². The third-order valence-electron chi connectivity index (χ3n) is 3.75. The molecule has 12 heteroatoms. The van der Waals surface area contributed by atoms with E-state index in [0.29, 0.717) is 6.07 Å². The van der Waals surface area contributed by atoms with E-state index >= 15 is 0 Å². The minimum absolute atomic E-state index is 0.0185. The lowest BCUT2D eigenvalue weighted by Crippen LogP contribution is -2.25. The molecule has 0 aliphatic heterocycles. The minimum atomic E-state index is -4.91. The van der Waals surface area contributed by atoms with E-state index in [0.717, 1.165) is 12.1 Å². The zero-order valence-corrected chi connectivity index (χ0v) is 15.8. The molecule has 8 nitrogen and oxygen atoms in total. The summed E-state index contributed by atoms with van der Waals surface area (Å²) in [6.07, 6.45) is -5.18. The molecule has 0 heterocycles. The number of nitrogens with one attached hydrogen (secondary N) is 2. The van der Waals surface area contributed by atoms with Crippen molar-refractivity contribution in [2.45, 2.75) is 17.5 Å². The standard InChI is InChI=1S/C18H14F3N3O5S/c19-18(20,21)15-9-14(6-3-12(15)10-22)30(28,29)24-13-4-1-11(2-5-13)17(27)23-8-7-16(25)26/h1-6,9,24H,7-8H2,(H,23,27)(H,25,26). The number of carboxylic acids is 1. The molecule has 2 aromatic carbocycles. The van der Waals surface area contributed by atoms with Gasteiger partial charge in [0, 0.05) is 17.8 Å². The molecular formula is C18H14F3N3O5S. The molecule has 30 heavy (non-hydrogen) atoms. The Morgan fingerprint density at radius 3 is 2.27 bits per heavy atom. The molecule has 0 bridgehead atoms. The van der Waals surface area contributed by atoms with Gasteiger partial charge in [0.1, 0.15) is 0 Å². The lowest BCUT2D eigenvalue weighted by atomic mass is 10.1. The van der Waals surface area contributed by atoms with Gasteiger partial charge >= 0.3 is 12.1 Å². The molecule has 1 amide bonds. The van der Waals surface area contributed by atoms with Crippen molar-refractivity contribution in [3.05, 3.63) is 59.2 Å². The maximum atomic E-state index is 13.0. The van der Waals surface area contributed by atoms with Gasteiger partial charge in [0.15, 0.2) is 0 Å². The van der Waals surface area contributed by atoms with Crippen LogP contribution in [0.25, 0.3) is 0 Å². The molecule has 158 valence electrons. The van der Waals surface area contributed by atoms with Crippen LogP contribution < -0.4 is 10.0 Å². The molecule has 3 N–H and O–H groups in total. The van der Waals surface area contributed by atoms with Gasteiger partial charge in [-0.3, -0.25) is 14.3 Å². The van der Waals surface area contributed by atoms with E-state index < -0.39 is 44.1 Å². The smallest absolute Gasteiger partial charge is 0.417 e. The first-order chi connectivity index (χ1) is 13.9. The van der Waals surface area contributed by atoms with Crippen LogP contribution in [0.1, 0.15) is 27.9 Å². The zero-order valence-electron chi connectivity index (χ0n) is 15.0. The Balaban J connectivity index is 2.19. The summed E-state index contributed by atoms with van der Waals surface area (Å²) in [5.74, 6) is -1.66. The van der Waals surface area contributed by atoms with E-state index in [9.17, 15) is 31.2 Å². The second kappa shape index (κ2) is 8.83. The number of aliphatic carboxylic acids is 1. The van der Waals surface area contributed by atoms with Crippen LogP contribution in [0.4, 0.5) is 18.9 Å². The summed E-state index contributed by atoms with van der Waals surface area (Å²) in [6.45, 7) is -0.0945. The summed E-state index contributed by atoms with van der Waals surface area (Å²) in [7, 11) is -4.40. The van der Waals surface area contributed by atoms with Crippen molar-refractivity contribution in [1.29, 1.82) is 5.26 Å². The van der Waals surface area contributed by atoms with E-state index in [1.165, 1.54) is 30.3 Å². The number of alkyl halides is 3. The SMILES string of the molecule is N#Cc1ccc(S(=O)(=O)Nc2ccc(C(=O)NCCC(=O)O)cc2)cc1C(F)(F)F. The molecule has 0 unspecified atom stereocenters. The predicted octanol–water partition coefficient (Wildman–Crippen LogP) is 2.58. The highest BCUT2D eigenvalue weighted by Gasteiger charge is 2.35. The van der Waals surface area contributed by atoms with E-state index in [-0.39, 0.29) is 24.2 Å². The van der Waals surface area contributed by atoms with Crippen LogP contribution in [0.15, 0.2) is 47.4 Å². The number of hydrogen-bond acceptors (Lipinski definition) is 5. The first-order valence-corrected chi connectivity index (χ1v) is 9.66. The van der Waals surface area contributed by atoms with E-state index in [4.69, 9.17) is 10.4 Å². The van der Waals surface area contributed by atoms with E-state index in [2.05, 4.69) is 10.0 Å². The zero-order chi connectivity index (χ0) is 22.5. The highest BCUT2D eigenvalue weighted by molar-refractivity contribution is 7.92. The Kier molecular flexibility index (Phi) is 6.68. The third kappa shape index (κ3) is 5.71. The van der Waals surface area contributed by atoms with Gasteiger partial charge in [-0.2, -0.15) is 18.4 Å². The Hall–Kier alpha value is -3.59. The molecule has 0 radical (unpaired) electrons. The lowest BCUT2D eigenvalue weighted by molar-refractivity contribution is -0.138. The van der Waals surface area contributed by atoms with Crippen LogP contribution in [0, 0.1) is 11.3 Å². The predicted molar refractivity (Wildman–Crippen MR) is 98.0 cm³/mol. The van der Waals surface area contributed by atoms with Crippen LogP contribution in [0.5, 0.6) is 0 Å². The fourth-order valence-corrected chi connectivity index (χ4v) is 3.40.